The van der Waals surface area contributed by atoms with E-state index in [-0.39, 0.29) is 5.78 Å². The first kappa shape index (κ1) is 6.65. The summed E-state index contributed by atoms with van der Waals surface area (Å²) in [6, 6.07) is 1.84. The van der Waals surface area contributed by atoms with Crippen molar-refractivity contribution in [2.75, 3.05) is 0 Å². The van der Waals surface area contributed by atoms with Crippen LogP contribution in [0.3, 0.4) is 0 Å². The number of aromatic nitrogens is 1. The number of carbonyl (C=O) groups is 1. The van der Waals surface area contributed by atoms with Crippen molar-refractivity contribution < 1.29 is 4.79 Å². The number of hydrogen-bond acceptors (Lipinski definition) is 1. The quantitative estimate of drug-likeness (QED) is 0.655. The second-order valence-corrected chi connectivity index (χ2v) is 3.17. The van der Waals surface area contributed by atoms with E-state index in [1.807, 2.05) is 6.07 Å². The number of carbonyl (C=O) groups excluding carboxylic acids is 1. The molecule has 2 heteroatoms. The Bertz CT molecular complexity index is 247. The van der Waals surface area contributed by atoms with Crippen LogP contribution in [0.1, 0.15) is 29.6 Å². The lowest BCUT2D eigenvalue weighted by Crippen LogP contribution is -1.97. The molecule has 1 saturated carbocycles. The molecule has 1 N–H and O–H groups in total. The number of aromatic amines is 1. The van der Waals surface area contributed by atoms with Crippen LogP contribution in [0.2, 0.25) is 0 Å². The number of Topliss-reactive ketones (excluding diaryl/α,β-unsaturated/α-hetero) is 1. The Hall–Kier alpha value is -1.05. The third-order valence-corrected chi connectivity index (χ3v) is 2.09. The molecule has 11 heavy (non-hydrogen) atoms. The van der Waals surface area contributed by atoms with Gasteiger partial charge in [0.05, 0.1) is 0 Å². The Labute approximate surface area is 65.6 Å². The maximum absolute atomic E-state index is 11.3. The lowest BCUT2D eigenvalue weighted by Gasteiger charge is -1.92. The molecular weight excluding hydrogens is 138 g/mol. The molecule has 1 aliphatic rings. The van der Waals surface area contributed by atoms with Gasteiger partial charge in [0.25, 0.3) is 0 Å². The minimum absolute atomic E-state index is 0.286. The lowest BCUT2D eigenvalue weighted by atomic mass is 10.1. The van der Waals surface area contributed by atoms with Crippen LogP contribution < -0.4 is 0 Å². The summed E-state index contributed by atoms with van der Waals surface area (Å²) < 4.78 is 0. The monoisotopic (exact) mass is 149 g/mol. The topological polar surface area (TPSA) is 32.9 Å². The van der Waals surface area contributed by atoms with Gasteiger partial charge in [0.1, 0.15) is 0 Å². The van der Waals surface area contributed by atoms with Gasteiger partial charge >= 0.3 is 0 Å². The van der Waals surface area contributed by atoms with Crippen molar-refractivity contribution >= 4 is 5.78 Å². The van der Waals surface area contributed by atoms with E-state index >= 15 is 0 Å². The number of rotatable bonds is 3. The van der Waals surface area contributed by atoms with E-state index < -0.39 is 0 Å². The van der Waals surface area contributed by atoms with E-state index in [1.54, 1.807) is 12.4 Å². The maximum atomic E-state index is 11.3. The summed E-state index contributed by atoms with van der Waals surface area (Å²) in [5.74, 6) is 0.978. The minimum Gasteiger partial charge on any atom is -0.367 e. The Morgan fingerprint density at radius 1 is 1.64 bits per heavy atom. The molecule has 0 amide bonds. The molecule has 1 fully saturated rings. The summed E-state index contributed by atoms with van der Waals surface area (Å²) in [4.78, 5) is 14.2. The molecular formula is C9H11NO. The van der Waals surface area contributed by atoms with Crippen LogP contribution >= 0.6 is 0 Å². The maximum Gasteiger partial charge on any atom is 0.164 e. The van der Waals surface area contributed by atoms with Crippen LogP contribution in [0.25, 0.3) is 0 Å². The van der Waals surface area contributed by atoms with Crippen LogP contribution in [-0.2, 0) is 0 Å². The van der Waals surface area contributed by atoms with Crippen molar-refractivity contribution in [2.45, 2.75) is 19.3 Å². The second-order valence-electron chi connectivity index (χ2n) is 3.17. The highest BCUT2D eigenvalue weighted by atomic mass is 16.1. The molecule has 58 valence electrons. The van der Waals surface area contributed by atoms with E-state index in [9.17, 15) is 4.79 Å². The first-order valence-corrected chi connectivity index (χ1v) is 4.02. The van der Waals surface area contributed by atoms with Gasteiger partial charge in [-0.15, -0.1) is 0 Å². The third kappa shape index (κ3) is 1.50. The Morgan fingerprint density at radius 2 is 2.45 bits per heavy atom. The normalized spacial score (nSPS) is 16.7. The minimum atomic E-state index is 0.286. The first-order chi connectivity index (χ1) is 5.36. The fraction of sp³-hybridized carbons (Fsp3) is 0.444. The molecule has 0 spiro atoms. The molecule has 0 aliphatic heterocycles. The number of hydrogen-bond donors (Lipinski definition) is 1. The molecule has 1 aliphatic carbocycles. The smallest absolute Gasteiger partial charge is 0.164 e. The first-order valence-electron chi connectivity index (χ1n) is 4.02. The van der Waals surface area contributed by atoms with Crippen molar-refractivity contribution in [1.82, 2.24) is 4.98 Å². The predicted octanol–water partition coefficient (Wildman–Crippen LogP) is 2.00. The number of nitrogens with one attached hydrogen (secondary N) is 1. The van der Waals surface area contributed by atoms with Gasteiger partial charge in [0, 0.05) is 24.4 Å². The summed E-state index contributed by atoms with van der Waals surface area (Å²) in [6.07, 6.45) is 6.80. The van der Waals surface area contributed by atoms with Crippen LogP contribution in [0, 0.1) is 5.92 Å². The SMILES string of the molecule is O=C(CC1CC1)c1cc[nH]c1. The largest absolute Gasteiger partial charge is 0.367 e. The zero-order chi connectivity index (χ0) is 7.68. The summed E-state index contributed by atoms with van der Waals surface area (Å²) in [6.45, 7) is 0. The molecule has 0 radical (unpaired) electrons. The van der Waals surface area contributed by atoms with Gasteiger partial charge in [0.15, 0.2) is 5.78 Å². The molecule has 1 aromatic heterocycles. The van der Waals surface area contributed by atoms with Crippen molar-refractivity contribution in [3.8, 4) is 0 Å². The molecule has 1 heterocycles. The standard InChI is InChI=1S/C9H11NO/c11-9(5-7-1-2-7)8-3-4-10-6-8/h3-4,6-7,10H,1-2,5H2. The van der Waals surface area contributed by atoms with Crippen LogP contribution in [-0.4, -0.2) is 10.8 Å². The lowest BCUT2D eigenvalue weighted by molar-refractivity contribution is 0.0976. The van der Waals surface area contributed by atoms with E-state index in [0.717, 1.165) is 12.0 Å². The fourth-order valence-electron chi connectivity index (χ4n) is 1.20. The Kier molecular flexibility index (Phi) is 1.53. The summed E-state index contributed by atoms with van der Waals surface area (Å²) in [5, 5.41) is 0. The number of ketones is 1. The van der Waals surface area contributed by atoms with E-state index in [0.29, 0.717) is 5.92 Å². The third-order valence-electron chi connectivity index (χ3n) is 2.09. The highest BCUT2D eigenvalue weighted by Gasteiger charge is 2.24. The molecule has 0 aromatic carbocycles. The average molecular weight is 149 g/mol. The fourth-order valence-corrected chi connectivity index (χ4v) is 1.20. The zero-order valence-corrected chi connectivity index (χ0v) is 6.34. The predicted molar refractivity (Wildman–Crippen MR) is 42.5 cm³/mol. The van der Waals surface area contributed by atoms with Gasteiger partial charge in [-0.2, -0.15) is 0 Å². The van der Waals surface area contributed by atoms with E-state index in [4.69, 9.17) is 0 Å². The average Bonchev–Trinajstić information content (AvgIpc) is 2.67. The van der Waals surface area contributed by atoms with Crippen molar-refractivity contribution in [3.63, 3.8) is 0 Å². The van der Waals surface area contributed by atoms with Gasteiger partial charge in [-0.25, -0.2) is 0 Å². The Morgan fingerprint density at radius 3 is 3.00 bits per heavy atom. The summed E-state index contributed by atoms with van der Waals surface area (Å²) >= 11 is 0. The van der Waals surface area contributed by atoms with Crippen molar-refractivity contribution in [3.05, 3.63) is 24.0 Å². The summed E-state index contributed by atoms with van der Waals surface area (Å²) in [5.41, 5.74) is 0.830. The number of H-pyrrole nitrogens is 1. The molecule has 1 aromatic rings. The molecule has 0 saturated heterocycles. The van der Waals surface area contributed by atoms with Crippen molar-refractivity contribution in [2.24, 2.45) is 5.92 Å². The van der Waals surface area contributed by atoms with Gasteiger partial charge in [-0.3, -0.25) is 4.79 Å². The molecule has 0 atom stereocenters. The van der Waals surface area contributed by atoms with Crippen molar-refractivity contribution in [1.29, 1.82) is 0 Å². The molecule has 0 unspecified atom stereocenters. The van der Waals surface area contributed by atoms with Gasteiger partial charge in [-0.1, -0.05) is 0 Å². The summed E-state index contributed by atoms with van der Waals surface area (Å²) in [7, 11) is 0. The highest BCUT2D eigenvalue weighted by molar-refractivity contribution is 5.96. The molecule has 2 nitrogen and oxygen atoms in total. The molecule has 0 bridgehead atoms. The van der Waals surface area contributed by atoms with E-state index in [1.165, 1.54) is 12.8 Å². The van der Waals surface area contributed by atoms with Gasteiger partial charge < -0.3 is 4.98 Å². The van der Waals surface area contributed by atoms with Gasteiger partial charge in [0.2, 0.25) is 0 Å². The van der Waals surface area contributed by atoms with Crippen LogP contribution in [0.5, 0.6) is 0 Å². The van der Waals surface area contributed by atoms with Crippen LogP contribution in [0.4, 0.5) is 0 Å². The second kappa shape index (κ2) is 2.53. The highest BCUT2D eigenvalue weighted by Crippen LogP contribution is 2.33. The Balaban J connectivity index is 1.99. The van der Waals surface area contributed by atoms with Crippen LogP contribution in [0.15, 0.2) is 18.5 Å². The van der Waals surface area contributed by atoms with Gasteiger partial charge in [-0.05, 0) is 24.8 Å². The zero-order valence-electron chi connectivity index (χ0n) is 6.34. The molecule has 2 rings (SSSR count). The van der Waals surface area contributed by atoms with E-state index in [2.05, 4.69) is 4.98 Å².